The molecule has 0 atom stereocenters. The number of benzene rings is 2. The molecule has 0 saturated carbocycles. The van der Waals surface area contributed by atoms with Gasteiger partial charge in [0, 0.05) is 19.5 Å². The number of rotatable bonds is 7. The van der Waals surface area contributed by atoms with Gasteiger partial charge in [-0.3, -0.25) is 9.59 Å². The van der Waals surface area contributed by atoms with Crippen LogP contribution in [-0.4, -0.2) is 48.0 Å². The van der Waals surface area contributed by atoms with Crippen LogP contribution in [0.25, 0.3) is 10.2 Å². The second-order valence-electron chi connectivity index (χ2n) is 7.28. The standard InChI is InChI=1S/C23H25N3O3S/c27-21(11-5-6-12-22-25-19-9-3-4-10-20(19)30-22)24-18-8-2-1-7-17(18)23(28)26-13-15-29-16-14-26/h1-4,7-10H,5-6,11-16H2,(H,24,27). The van der Waals surface area contributed by atoms with Crippen molar-refractivity contribution in [2.24, 2.45) is 0 Å². The largest absolute Gasteiger partial charge is 0.378 e. The number of fused-ring (bicyclic) bond motifs is 1. The van der Waals surface area contributed by atoms with Crippen LogP contribution in [0.3, 0.4) is 0 Å². The Bertz CT molecular complexity index is 994. The quantitative estimate of drug-likeness (QED) is 0.580. The van der Waals surface area contributed by atoms with E-state index in [9.17, 15) is 9.59 Å². The van der Waals surface area contributed by atoms with E-state index in [-0.39, 0.29) is 11.8 Å². The number of nitrogens with one attached hydrogen (secondary N) is 1. The van der Waals surface area contributed by atoms with Crippen LogP contribution in [0.4, 0.5) is 5.69 Å². The number of amides is 2. The predicted molar refractivity (Wildman–Crippen MR) is 119 cm³/mol. The van der Waals surface area contributed by atoms with E-state index in [1.807, 2.05) is 30.3 Å². The molecule has 0 unspecified atom stereocenters. The van der Waals surface area contributed by atoms with Crippen LogP contribution in [0.5, 0.6) is 0 Å². The fraction of sp³-hybridized carbons (Fsp3) is 0.348. The Morgan fingerprint density at radius 1 is 1.03 bits per heavy atom. The first-order valence-electron chi connectivity index (χ1n) is 10.3. The summed E-state index contributed by atoms with van der Waals surface area (Å²) in [5.74, 6) is -0.133. The monoisotopic (exact) mass is 423 g/mol. The van der Waals surface area contributed by atoms with Crippen molar-refractivity contribution in [2.45, 2.75) is 25.7 Å². The number of unbranched alkanes of at least 4 members (excludes halogenated alkanes) is 1. The molecule has 0 spiro atoms. The number of hydrogen-bond acceptors (Lipinski definition) is 5. The topological polar surface area (TPSA) is 71.5 Å². The Balaban J connectivity index is 1.28. The van der Waals surface area contributed by atoms with Crippen LogP contribution in [0.15, 0.2) is 48.5 Å². The van der Waals surface area contributed by atoms with Crippen LogP contribution in [0.2, 0.25) is 0 Å². The molecule has 1 aliphatic heterocycles. The number of hydrogen-bond donors (Lipinski definition) is 1. The zero-order valence-electron chi connectivity index (χ0n) is 16.8. The number of aryl methyl sites for hydroxylation is 1. The van der Waals surface area contributed by atoms with Crippen molar-refractivity contribution < 1.29 is 14.3 Å². The van der Waals surface area contributed by atoms with Crippen LogP contribution < -0.4 is 5.32 Å². The Morgan fingerprint density at radius 3 is 2.63 bits per heavy atom. The molecule has 2 amide bonds. The molecule has 3 aromatic rings. The molecule has 1 aromatic heterocycles. The minimum absolute atomic E-state index is 0.0648. The Hall–Kier alpha value is -2.77. The highest BCUT2D eigenvalue weighted by molar-refractivity contribution is 7.18. The summed E-state index contributed by atoms with van der Waals surface area (Å²) in [5, 5.41) is 4.03. The SMILES string of the molecule is O=C(CCCCc1nc2ccccc2s1)Nc1ccccc1C(=O)N1CCOCC1. The normalized spacial score (nSPS) is 14.1. The third-order valence-electron chi connectivity index (χ3n) is 5.11. The van der Waals surface area contributed by atoms with Gasteiger partial charge in [0.2, 0.25) is 5.91 Å². The van der Waals surface area contributed by atoms with Gasteiger partial charge in [-0.15, -0.1) is 11.3 Å². The maximum atomic E-state index is 12.8. The molecule has 2 aromatic carbocycles. The molecule has 156 valence electrons. The number of thiazole rings is 1. The van der Waals surface area contributed by atoms with E-state index < -0.39 is 0 Å². The molecule has 4 rings (SSSR count). The average molecular weight is 424 g/mol. The number of anilines is 1. The zero-order valence-corrected chi connectivity index (χ0v) is 17.6. The summed E-state index contributed by atoms with van der Waals surface area (Å²) in [6.07, 6.45) is 2.98. The highest BCUT2D eigenvalue weighted by Crippen LogP contribution is 2.23. The van der Waals surface area contributed by atoms with E-state index in [0.29, 0.717) is 44.0 Å². The van der Waals surface area contributed by atoms with Gasteiger partial charge in [0.25, 0.3) is 5.91 Å². The summed E-state index contributed by atoms with van der Waals surface area (Å²) < 4.78 is 6.52. The summed E-state index contributed by atoms with van der Waals surface area (Å²) in [4.78, 5) is 31.7. The first-order chi connectivity index (χ1) is 14.7. The van der Waals surface area contributed by atoms with E-state index in [2.05, 4.69) is 16.4 Å². The van der Waals surface area contributed by atoms with Crippen molar-refractivity contribution in [3.63, 3.8) is 0 Å². The summed E-state index contributed by atoms with van der Waals surface area (Å²) in [5.41, 5.74) is 2.14. The minimum Gasteiger partial charge on any atom is -0.378 e. The maximum absolute atomic E-state index is 12.8. The molecule has 1 fully saturated rings. The Kier molecular flexibility index (Phi) is 6.71. The van der Waals surface area contributed by atoms with E-state index in [4.69, 9.17) is 4.74 Å². The summed E-state index contributed by atoms with van der Waals surface area (Å²) >= 11 is 1.71. The molecule has 6 nitrogen and oxygen atoms in total. The third-order valence-corrected chi connectivity index (χ3v) is 6.21. The number of carbonyl (C=O) groups is 2. The Labute approximate surface area is 179 Å². The Morgan fingerprint density at radius 2 is 1.80 bits per heavy atom. The second-order valence-corrected chi connectivity index (χ2v) is 8.40. The molecule has 30 heavy (non-hydrogen) atoms. The lowest BCUT2D eigenvalue weighted by Crippen LogP contribution is -2.41. The number of para-hydroxylation sites is 2. The summed E-state index contributed by atoms with van der Waals surface area (Å²) in [6, 6.07) is 15.3. The van der Waals surface area contributed by atoms with Crippen molar-refractivity contribution in [3.05, 3.63) is 59.1 Å². The fourth-order valence-corrected chi connectivity index (χ4v) is 4.53. The highest BCUT2D eigenvalue weighted by Gasteiger charge is 2.21. The molecule has 1 saturated heterocycles. The lowest BCUT2D eigenvalue weighted by atomic mass is 10.1. The fourth-order valence-electron chi connectivity index (χ4n) is 3.52. The molecule has 0 bridgehead atoms. The third kappa shape index (κ3) is 5.04. The van der Waals surface area contributed by atoms with Crippen LogP contribution in [0, 0.1) is 0 Å². The molecular formula is C23H25N3O3S. The zero-order chi connectivity index (χ0) is 20.8. The molecule has 7 heteroatoms. The van der Waals surface area contributed by atoms with Gasteiger partial charge in [0.15, 0.2) is 0 Å². The summed E-state index contributed by atoms with van der Waals surface area (Å²) in [6.45, 7) is 2.25. The first kappa shape index (κ1) is 20.5. The second kappa shape index (κ2) is 9.82. The van der Waals surface area contributed by atoms with E-state index in [0.717, 1.165) is 29.8 Å². The lowest BCUT2D eigenvalue weighted by Gasteiger charge is -2.27. The van der Waals surface area contributed by atoms with Gasteiger partial charge in [0.1, 0.15) is 0 Å². The number of nitrogens with zero attached hydrogens (tertiary/aromatic N) is 2. The van der Waals surface area contributed by atoms with Gasteiger partial charge in [0.05, 0.1) is 39.7 Å². The number of carbonyl (C=O) groups excluding carboxylic acids is 2. The molecule has 1 N–H and O–H groups in total. The van der Waals surface area contributed by atoms with E-state index >= 15 is 0 Å². The number of ether oxygens (including phenoxy) is 1. The average Bonchev–Trinajstić information content (AvgIpc) is 3.20. The highest BCUT2D eigenvalue weighted by atomic mass is 32.1. The molecule has 0 radical (unpaired) electrons. The van der Waals surface area contributed by atoms with Crippen molar-refractivity contribution in [1.29, 1.82) is 0 Å². The first-order valence-corrected chi connectivity index (χ1v) is 11.1. The van der Waals surface area contributed by atoms with Gasteiger partial charge in [-0.25, -0.2) is 4.98 Å². The minimum atomic E-state index is -0.0680. The molecule has 0 aliphatic carbocycles. The van der Waals surface area contributed by atoms with E-state index in [1.165, 1.54) is 4.70 Å². The number of aromatic nitrogens is 1. The van der Waals surface area contributed by atoms with Crippen molar-refractivity contribution in [2.75, 3.05) is 31.6 Å². The lowest BCUT2D eigenvalue weighted by molar-refractivity contribution is -0.116. The number of morpholine rings is 1. The predicted octanol–water partition coefficient (Wildman–Crippen LogP) is 4.12. The van der Waals surface area contributed by atoms with Gasteiger partial charge < -0.3 is 15.0 Å². The van der Waals surface area contributed by atoms with Crippen molar-refractivity contribution >= 4 is 39.1 Å². The smallest absolute Gasteiger partial charge is 0.256 e. The van der Waals surface area contributed by atoms with Gasteiger partial charge in [-0.05, 0) is 43.5 Å². The van der Waals surface area contributed by atoms with E-state index in [1.54, 1.807) is 28.4 Å². The van der Waals surface area contributed by atoms with Gasteiger partial charge in [-0.2, -0.15) is 0 Å². The van der Waals surface area contributed by atoms with Gasteiger partial charge >= 0.3 is 0 Å². The van der Waals surface area contributed by atoms with Gasteiger partial charge in [-0.1, -0.05) is 24.3 Å². The molecular weight excluding hydrogens is 398 g/mol. The van der Waals surface area contributed by atoms with Crippen LogP contribution >= 0.6 is 11.3 Å². The maximum Gasteiger partial charge on any atom is 0.256 e. The van der Waals surface area contributed by atoms with Crippen LogP contribution in [-0.2, 0) is 16.0 Å². The van der Waals surface area contributed by atoms with Crippen molar-refractivity contribution in [1.82, 2.24) is 9.88 Å². The molecule has 2 heterocycles. The van der Waals surface area contributed by atoms with Crippen molar-refractivity contribution in [3.8, 4) is 0 Å². The van der Waals surface area contributed by atoms with Crippen LogP contribution in [0.1, 0.15) is 34.6 Å². The molecule has 1 aliphatic rings. The summed E-state index contributed by atoms with van der Waals surface area (Å²) in [7, 11) is 0.